The molecule has 5 N–H and O–H groups in total. The summed E-state index contributed by atoms with van der Waals surface area (Å²) in [6, 6.07) is 0. The van der Waals surface area contributed by atoms with E-state index in [2.05, 4.69) is 40.7 Å². The Morgan fingerprint density at radius 2 is 1.67 bits per heavy atom. The van der Waals surface area contributed by atoms with E-state index < -0.39 is 37.1 Å². The topological polar surface area (TPSA) is 131 Å². The Kier molecular flexibility index (Phi) is 11.3. The monoisotopic (exact) mass is 607 g/mol. The Morgan fingerprint density at radius 3 is 2.35 bits per heavy atom. The molecule has 0 aromatic rings. The van der Waals surface area contributed by atoms with Crippen LogP contribution in [0.5, 0.6) is 0 Å². The molecule has 6 unspecified atom stereocenters. The van der Waals surface area contributed by atoms with Gasteiger partial charge in [-0.15, -0.1) is 0 Å². The Bertz CT molecular complexity index is 972. The van der Waals surface area contributed by atoms with Crippen molar-refractivity contribution < 1.29 is 35.1 Å². The van der Waals surface area contributed by atoms with E-state index in [9.17, 15) is 25.2 Å². The lowest BCUT2D eigenvalue weighted by atomic mass is 9.47. The third-order valence-electron chi connectivity index (χ3n) is 12.6. The van der Waals surface area contributed by atoms with Gasteiger partial charge in [-0.05, 0) is 91.3 Å². The molecule has 12 atom stereocenters. The minimum absolute atomic E-state index is 0.157. The van der Waals surface area contributed by atoms with Crippen LogP contribution in [0.15, 0.2) is 11.6 Å². The van der Waals surface area contributed by atoms with Gasteiger partial charge < -0.3 is 35.2 Å². The van der Waals surface area contributed by atoms with E-state index >= 15 is 0 Å². The van der Waals surface area contributed by atoms with E-state index in [-0.39, 0.29) is 18.1 Å². The Labute approximate surface area is 259 Å². The summed E-state index contributed by atoms with van der Waals surface area (Å²) in [5.74, 6) is 4.69. The van der Waals surface area contributed by atoms with Crippen LogP contribution in [0, 0.1) is 46.3 Å². The van der Waals surface area contributed by atoms with E-state index in [1.807, 2.05) is 0 Å². The highest BCUT2D eigenvalue weighted by atomic mass is 16.6. The number of likely N-dealkylation sites (N-methyl/N-ethyl adjacent to an activating group) is 1. The lowest BCUT2D eigenvalue weighted by molar-refractivity contribution is -0.118. The standard InChI is InChI=1S/C35H61NO7/c1-21(2)8-7-9-22(3)26-12-13-27-25-11-10-23-18-24(14-16-34(23,4)28(25)15-17-35(26,27)5)43-33(42)36(6)19-29(38)31(40)32(41)30(39)20-37/h10,21-22,24-32,37-41H,7-9,11-20H2,1-6H3/t22-,24+,25?,26?,27?,28?,29?,30?,31+,32-,34+,35-/m1/s1. The van der Waals surface area contributed by atoms with Gasteiger partial charge >= 0.3 is 6.09 Å². The van der Waals surface area contributed by atoms with Gasteiger partial charge in [0.1, 0.15) is 30.5 Å². The number of rotatable bonds is 12. The lowest BCUT2D eigenvalue weighted by Gasteiger charge is -2.58. The van der Waals surface area contributed by atoms with Crippen molar-refractivity contribution in [1.82, 2.24) is 4.90 Å². The van der Waals surface area contributed by atoms with Crippen LogP contribution in [-0.2, 0) is 4.74 Å². The van der Waals surface area contributed by atoms with Crippen molar-refractivity contribution in [3.8, 4) is 0 Å². The fourth-order valence-corrected chi connectivity index (χ4v) is 10.0. The molecular weight excluding hydrogens is 546 g/mol. The molecule has 3 fully saturated rings. The van der Waals surface area contributed by atoms with Gasteiger partial charge in [-0.1, -0.05) is 65.5 Å². The van der Waals surface area contributed by atoms with Gasteiger partial charge in [0.25, 0.3) is 0 Å². The predicted octanol–water partition coefficient (Wildman–Crippen LogP) is 4.90. The van der Waals surface area contributed by atoms with Gasteiger partial charge in [-0.2, -0.15) is 0 Å². The number of aliphatic hydroxyl groups is 5. The van der Waals surface area contributed by atoms with Crippen molar-refractivity contribution in [2.75, 3.05) is 20.2 Å². The fourth-order valence-electron chi connectivity index (χ4n) is 10.0. The molecule has 0 saturated heterocycles. The quantitative estimate of drug-likeness (QED) is 0.200. The summed E-state index contributed by atoms with van der Waals surface area (Å²) in [5.41, 5.74) is 2.06. The predicted molar refractivity (Wildman–Crippen MR) is 167 cm³/mol. The van der Waals surface area contributed by atoms with Crippen molar-refractivity contribution in [2.24, 2.45) is 46.3 Å². The van der Waals surface area contributed by atoms with Gasteiger partial charge in [0, 0.05) is 13.5 Å². The summed E-state index contributed by atoms with van der Waals surface area (Å²) in [6.07, 6.45) is 8.29. The molecule has 43 heavy (non-hydrogen) atoms. The third-order valence-corrected chi connectivity index (χ3v) is 12.6. The number of allylic oxidation sites excluding steroid dienone is 1. The van der Waals surface area contributed by atoms with Crippen LogP contribution < -0.4 is 0 Å². The largest absolute Gasteiger partial charge is 0.446 e. The number of ether oxygens (including phenoxy) is 1. The molecule has 0 aliphatic heterocycles. The molecule has 0 spiro atoms. The summed E-state index contributed by atoms with van der Waals surface area (Å²) >= 11 is 0. The molecule has 1 amide bonds. The zero-order valence-corrected chi connectivity index (χ0v) is 27.6. The number of fused-ring (bicyclic) bond motifs is 5. The van der Waals surface area contributed by atoms with E-state index in [1.165, 1.54) is 62.5 Å². The molecule has 0 heterocycles. The van der Waals surface area contributed by atoms with Gasteiger partial charge in [-0.25, -0.2) is 4.79 Å². The highest BCUT2D eigenvalue weighted by Gasteiger charge is 2.59. The van der Waals surface area contributed by atoms with Crippen molar-refractivity contribution in [2.45, 2.75) is 136 Å². The first-order valence-corrected chi connectivity index (χ1v) is 17.2. The Hall–Kier alpha value is -1.19. The lowest BCUT2D eigenvalue weighted by Crippen LogP contribution is -2.51. The van der Waals surface area contributed by atoms with E-state index in [0.717, 1.165) is 55.3 Å². The maximum atomic E-state index is 12.9. The third kappa shape index (κ3) is 7.14. The molecule has 0 aromatic carbocycles. The maximum absolute atomic E-state index is 12.9. The zero-order chi connectivity index (χ0) is 31.7. The van der Waals surface area contributed by atoms with Crippen LogP contribution in [0.2, 0.25) is 0 Å². The second-order valence-electron chi connectivity index (χ2n) is 15.7. The molecular formula is C35H61NO7. The molecule has 4 aliphatic carbocycles. The molecule has 0 aromatic heterocycles. The van der Waals surface area contributed by atoms with Crippen LogP contribution in [-0.4, -0.2) is 87.2 Å². The van der Waals surface area contributed by atoms with Gasteiger partial charge in [0.05, 0.1) is 13.2 Å². The van der Waals surface area contributed by atoms with Crippen LogP contribution in [0.1, 0.15) is 105 Å². The molecule has 4 rings (SSSR count). The second-order valence-corrected chi connectivity index (χ2v) is 15.7. The number of carbonyl (C=O) groups is 1. The van der Waals surface area contributed by atoms with Gasteiger partial charge in [0.2, 0.25) is 0 Å². The molecule has 8 heteroatoms. The van der Waals surface area contributed by atoms with E-state index in [1.54, 1.807) is 0 Å². The van der Waals surface area contributed by atoms with Crippen LogP contribution in [0.25, 0.3) is 0 Å². The number of carbonyl (C=O) groups excluding carboxylic acids is 1. The number of hydrogen-bond donors (Lipinski definition) is 5. The first-order chi connectivity index (χ1) is 20.2. The SMILES string of the molecule is CC(C)CCC[C@@H](C)C1CCC2C3CC=C4C[C@@H](OC(=O)N(C)CC(O)[C@H](O)[C@H](O)C(O)CO)CC[C@]4(C)C3CC[C@@]21C. The average molecular weight is 608 g/mol. The zero-order valence-electron chi connectivity index (χ0n) is 27.6. The Balaban J connectivity index is 1.34. The van der Waals surface area contributed by atoms with Gasteiger partial charge in [-0.3, -0.25) is 0 Å². The first-order valence-electron chi connectivity index (χ1n) is 17.2. The van der Waals surface area contributed by atoms with E-state index in [0.29, 0.717) is 11.3 Å². The molecule has 0 radical (unpaired) electrons. The smallest absolute Gasteiger partial charge is 0.409 e. The van der Waals surface area contributed by atoms with Crippen LogP contribution in [0.3, 0.4) is 0 Å². The summed E-state index contributed by atoms with van der Waals surface area (Å²) in [7, 11) is 1.48. The number of amides is 1. The summed E-state index contributed by atoms with van der Waals surface area (Å²) in [6.45, 7) is 11.3. The molecule has 4 aliphatic rings. The van der Waals surface area contributed by atoms with Crippen molar-refractivity contribution in [1.29, 1.82) is 0 Å². The van der Waals surface area contributed by atoms with Crippen molar-refractivity contribution in [3.05, 3.63) is 11.6 Å². The molecule has 248 valence electrons. The summed E-state index contributed by atoms with van der Waals surface area (Å²) < 4.78 is 5.87. The van der Waals surface area contributed by atoms with Crippen LogP contribution in [0.4, 0.5) is 4.79 Å². The normalized spacial score (nSPS) is 37.3. The summed E-state index contributed by atoms with van der Waals surface area (Å²) in [5, 5.41) is 48.8. The maximum Gasteiger partial charge on any atom is 0.409 e. The minimum Gasteiger partial charge on any atom is -0.446 e. The van der Waals surface area contributed by atoms with Crippen LogP contribution >= 0.6 is 0 Å². The second kappa shape index (κ2) is 14.1. The minimum atomic E-state index is -1.73. The number of hydrogen-bond acceptors (Lipinski definition) is 7. The van der Waals surface area contributed by atoms with Gasteiger partial charge in [0.15, 0.2) is 0 Å². The Morgan fingerprint density at radius 1 is 0.977 bits per heavy atom. The number of nitrogens with zero attached hydrogens (tertiary/aromatic N) is 1. The molecule has 3 saturated carbocycles. The average Bonchev–Trinajstić information content (AvgIpc) is 3.33. The highest BCUT2D eigenvalue weighted by Crippen LogP contribution is 2.67. The summed E-state index contributed by atoms with van der Waals surface area (Å²) in [4.78, 5) is 14.1. The van der Waals surface area contributed by atoms with Crippen molar-refractivity contribution >= 4 is 6.09 Å². The molecule has 0 bridgehead atoms. The number of aliphatic hydroxyl groups excluding tert-OH is 5. The molecule has 8 nitrogen and oxygen atoms in total. The first kappa shape index (κ1) is 34.7. The highest BCUT2D eigenvalue weighted by molar-refractivity contribution is 5.67. The fraction of sp³-hybridized carbons (Fsp3) is 0.914. The van der Waals surface area contributed by atoms with Crippen molar-refractivity contribution in [3.63, 3.8) is 0 Å². The van der Waals surface area contributed by atoms with E-state index in [4.69, 9.17) is 9.84 Å².